The first-order chi connectivity index (χ1) is 8.25. The SMILES string of the molecule is Nc1[nH]c2cc(=O)ccn2c1-c1ccccc1. The zero-order valence-corrected chi connectivity index (χ0v) is 9.05. The predicted octanol–water partition coefficient (Wildman–Crippen LogP) is 1.88. The lowest BCUT2D eigenvalue weighted by Gasteiger charge is -2.02. The lowest BCUT2D eigenvalue weighted by atomic mass is 10.1. The number of nitrogens with zero attached hydrogens (tertiary/aromatic N) is 1. The predicted molar refractivity (Wildman–Crippen MR) is 67.9 cm³/mol. The van der Waals surface area contributed by atoms with E-state index in [9.17, 15) is 4.79 Å². The summed E-state index contributed by atoms with van der Waals surface area (Å²) in [6, 6.07) is 12.9. The normalized spacial score (nSPS) is 10.8. The molecule has 0 atom stereocenters. The van der Waals surface area contributed by atoms with Crippen molar-refractivity contribution in [1.29, 1.82) is 0 Å². The molecule has 0 aliphatic heterocycles. The minimum Gasteiger partial charge on any atom is -0.383 e. The highest BCUT2D eigenvalue weighted by Crippen LogP contribution is 2.25. The Balaban J connectivity index is 2.37. The third kappa shape index (κ3) is 1.50. The number of H-pyrrole nitrogens is 1. The maximum atomic E-state index is 11.3. The molecule has 17 heavy (non-hydrogen) atoms. The Morgan fingerprint density at radius 3 is 2.65 bits per heavy atom. The molecule has 0 unspecified atom stereocenters. The van der Waals surface area contributed by atoms with Gasteiger partial charge in [0.15, 0.2) is 5.43 Å². The molecule has 2 heterocycles. The van der Waals surface area contributed by atoms with E-state index < -0.39 is 0 Å². The zero-order chi connectivity index (χ0) is 11.8. The van der Waals surface area contributed by atoms with Crippen LogP contribution in [0.5, 0.6) is 0 Å². The molecule has 0 saturated carbocycles. The maximum Gasteiger partial charge on any atom is 0.183 e. The van der Waals surface area contributed by atoms with E-state index in [1.165, 1.54) is 12.1 Å². The molecule has 3 aromatic rings. The number of aromatic nitrogens is 2. The largest absolute Gasteiger partial charge is 0.383 e. The molecule has 0 bridgehead atoms. The molecule has 84 valence electrons. The standard InChI is InChI=1S/C13H11N3O/c14-13-12(9-4-2-1-3-5-9)16-7-6-10(17)8-11(16)15-13/h1-8,15H,14H2. The van der Waals surface area contributed by atoms with Gasteiger partial charge in [0.25, 0.3) is 0 Å². The summed E-state index contributed by atoms with van der Waals surface area (Å²) in [5, 5.41) is 0. The molecule has 0 radical (unpaired) electrons. The van der Waals surface area contributed by atoms with Gasteiger partial charge in [-0.05, 0) is 0 Å². The quantitative estimate of drug-likeness (QED) is 0.664. The highest BCUT2D eigenvalue weighted by Gasteiger charge is 2.09. The zero-order valence-electron chi connectivity index (χ0n) is 9.05. The number of anilines is 1. The number of nitrogen functional groups attached to an aromatic ring is 1. The first-order valence-electron chi connectivity index (χ1n) is 5.31. The Morgan fingerprint density at radius 2 is 1.88 bits per heavy atom. The van der Waals surface area contributed by atoms with Crippen LogP contribution in [0.15, 0.2) is 53.5 Å². The Morgan fingerprint density at radius 1 is 1.12 bits per heavy atom. The third-order valence-electron chi connectivity index (χ3n) is 2.73. The fraction of sp³-hybridized carbons (Fsp3) is 0. The van der Waals surface area contributed by atoms with Crippen LogP contribution >= 0.6 is 0 Å². The molecular formula is C13H11N3O. The van der Waals surface area contributed by atoms with E-state index in [0.717, 1.165) is 11.3 Å². The Labute approximate surface area is 97.3 Å². The highest BCUT2D eigenvalue weighted by molar-refractivity contribution is 5.74. The molecule has 0 saturated heterocycles. The number of benzene rings is 1. The summed E-state index contributed by atoms with van der Waals surface area (Å²) in [7, 11) is 0. The van der Waals surface area contributed by atoms with Gasteiger partial charge in [0.2, 0.25) is 0 Å². The molecule has 0 spiro atoms. The molecule has 3 rings (SSSR count). The average Bonchev–Trinajstić information content (AvgIpc) is 2.65. The van der Waals surface area contributed by atoms with Gasteiger partial charge in [-0.3, -0.25) is 9.20 Å². The van der Waals surface area contributed by atoms with E-state index in [0.29, 0.717) is 11.5 Å². The van der Waals surface area contributed by atoms with Crippen molar-refractivity contribution in [2.45, 2.75) is 0 Å². The summed E-state index contributed by atoms with van der Waals surface area (Å²) in [5.74, 6) is 0.557. The van der Waals surface area contributed by atoms with Gasteiger partial charge in [-0.1, -0.05) is 30.3 Å². The minimum absolute atomic E-state index is 0.0362. The van der Waals surface area contributed by atoms with Gasteiger partial charge in [-0.15, -0.1) is 0 Å². The Hall–Kier alpha value is -2.49. The fourth-order valence-electron chi connectivity index (χ4n) is 1.99. The molecule has 4 nitrogen and oxygen atoms in total. The Bertz CT molecular complexity index is 725. The first-order valence-corrected chi connectivity index (χ1v) is 5.31. The van der Waals surface area contributed by atoms with Gasteiger partial charge < -0.3 is 10.7 Å². The van der Waals surface area contributed by atoms with E-state index in [2.05, 4.69) is 4.98 Å². The lowest BCUT2D eigenvalue weighted by Crippen LogP contribution is -1.99. The van der Waals surface area contributed by atoms with Gasteiger partial charge >= 0.3 is 0 Å². The molecule has 4 heteroatoms. The van der Waals surface area contributed by atoms with Crippen LogP contribution < -0.4 is 11.2 Å². The summed E-state index contributed by atoms with van der Waals surface area (Å²) in [4.78, 5) is 14.3. The fourth-order valence-corrected chi connectivity index (χ4v) is 1.99. The number of aromatic amines is 1. The molecule has 2 aromatic heterocycles. The van der Waals surface area contributed by atoms with Crippen LogP contribution in [0.4, 0.5) is 5.82 Å². The van der Waals surface area contributed by atoms with Gasteiger partial charge in [-0.2, -0.15) is 0 Å². The molecule has 0 amide bonds. The molecule has 1 aromatic carbocycles. The molecular weight excluding hydrogens is 214 g/mol. The van der Waals surface area contributed by atoms with Crippen LogP contribution in [0.25, 0.3) is 16.9 Å². The van der Waals surface area contributed by atoms with Gasteiger partial charge in [0.1, 0.15) is 11.5 Å². The number of rotatable bonds is 1. The summed E-state index contributed by atoms with van der Waals surface area (Å²) in [6.45, 7) is 0. The van der Waals surface area contributed by atoms with Crippen molar-refractivity contribution < 1.29 is 0 Å². The van der Waals surface area contributed by atoms with Crippen molar-refractivity contribution in [3.8, 4) is 11.3 Å². The van der Waals surface area contributed by atoms with E-state index in [1.54, 1.807) is 6.20 Å². The van der Waals surface area contributed by atoms with Crippen molar-refractivity contribution >= 4 is 11.5 Å². The second-order valence-electron chi connectivity index (χ2n) is 3.87. The summed E-state index contributed by atoms with van der Waals surface area (Å²) in [5.41, 5.74) is 8.51. The van der Waals surface area contributed by atoms with Crippen molar-refractivity contribution in [1.82, 2.24) is 9.38 Å². The maximum absolute atomic E-state index is 11.3. The van der Waals surface area contributed by atoms with E-state index in [4.69, 9.17) is 5.73 Å². The van der Waals surface area contributed by atoms with Crippen LogP contribution in [0.2, 0.25) is 0 Å². The monoisotopic (exact) mass is 225 g/mol. The van der Waals surface area contributed by atoms with E-state index in [1.807, 2.05) is 34.7 Å². The van der Waals surface area contributed by atoms with Gasteiger partial charge in [0.05, 0.1) is 5.69 Å². The van der Waals surface area contributed by atoms with Crippen LogP contribution in [0.3, 0.4) is 0 Å². The van der Waals surface area contributed by atoms with Crippen molar-refractivity contribution in [3.05, 3.63) is 58.9 Å². The third-order valence-corrected chi connectivity index (χ3v) is 2.73. The minimum atomic E-state index is -0.0362. The van der Waals surface area contributed by atoms with Crippen LogP contribution in [0, 0.1) is 0 Å². The van der Waals surface area contributed by atoms with Crippen LogP contribution in [-0.4, -0.2) is 9.38 Å². The highest BCUT2D eigenvalue weighted by atomic mass is 16.1. The number of hydrogen-bond donors (Lipinski definition) is 2. The summed E-state index contributed by atoms with van der Waals surface area (Å²) >= 11 is 0. The molecule has 3 N–H and O–H groups in total. The van der Waals surface area contributed by atoms with Crippen LogP contribution in [-0.2, 0) is 0 Å². The second kappa shape index (κ2) is 3.52. The summed E-state index contributed by atoms with van der Waals surface area (Å²) < 4.78 is 1.88. The number of hydrogen-bond acceptors (Lipinski definition) is 2. The van der Waals surface area contributed by atoms with Crippen LogP contribution in [0.1, 0.15) is 0 Å². The topological polar surface area (TPSA) is 63.3 Å². The number of nitrogens with two attached hydrogens (primary N) is 1. The smallest absolute Gasteiger partial charge is 0.183 e. The lowest BCUT2D eigenvalue weighted by molar-refractivity contribution is 1.18. The van der Waals surface area contributed by atoms with E-state index in [-0.39, 0.29) is 5.43 Å². The van der Waals surface area contributed by atoms with Crippen molar-refractivity contribution in [2.24, 2.45) is 0 Å². The van der Waals surface area contributed by atoms with Gasteiger partial charge in [-0.25, -0.2) is 0 Å². The van der Waals surface area contributed by atoms with E-state index >= 15 is 0 Å². The van der Waals surface area contributed by atoms with Gasteiger partial charge in [0, 0.05) is 23.9 Å². The average molecular weight is 225 g/mol. The number of fused-ring (bicyclic) bond motifs is 1. The van der Waals surface area contributed by atoms with Crippen molar-refractivity contribution in [2.75, 3.05) is 5.73 Å². The number of pyridine rings is 1. The molecule has 0 aliphatic carbocycles. The molecule has 0 aliphatic rings. The molecule has 0 fully saturated rings. The summed E-state index contributed by atoms with van der Waals surface area (Å²) in [6.07, 6.45) is 1.73. The number of imidazole rings is 1. The second-order valence-corrected chi connectivity index (χ2v) is 3.87. The first kappa shape index (κ1) is 9.72. The number of nitrogens with one attached hydrogen (secondary N) is 1. The Kier molecular flexibility index (Phi) is 2.01. The van der Waals surface area contributed by atoms with Crippen molar-refractivity contribution in [3.63, 3.8) is 0 Å².